The molecular weight excluding hydrogens is 379 g/mol. The van der Waals surface area contributed by atoms with Crippen LogP contribution in [0.15, 0.2) is 42.5 Å². The molecular formula is C22H24ClFN2O2. The van der Waals surface area contributed by atoms with Crippen LogP contribution in [0.1, 0.15) is 40.7 Å². The number of piperidine rings is 1. The van der Waals surface area contributed by atoms with Crippen molar-refractivity contribution < 1.29 is 14.0 Å². The lowest BCUT2D eigenvalue weighted by Crippen LogP contribution is -2.46. The maximum Gasteiger partial charge on any atom is 0.258 e. The van der Waals surface area contributed by atoms with Gasteiger partial charge in [-0.3, -0.25) is 9.59 Å². The van der Waals surface area contributed by atoms with Gasteiger partial charge in [-0.25, -0.2) is 4.39 Å². The molecule has 0 atom stereocenters. The van der Waals surface area contributed by atoms with Gasteiger partial charge in [-0.1, -0.05) is 47.5 Å². The van der Waals surface area contributed by atoms with E-state index in [2.05, 4.69) is 5.32 Å². The third-order valence-corrected chi connectivity index (χ3v) is 5.40. The van der Waals surface area contributed by atoms with E-state index in [-0.39, 0.29) is 22.5 Å². The summed E-state index contributed by atoms with van der Waals surface area (Å²) in [5, 5.41) is 3.17. The molecule has 6 heteroatoms. The normalized spacial score (nSPS) is 14.8. The molecule has 0 aliphatic carbocycles. The van der Waals surface area contributed by atoms with E-state index in [1.165, 1.54) is 23.8 Å². The molecule has 0 aromatic heterocycles. The number of hydrogen-bond donors (Lipinski definition) is 1. The van der Waals surface area contributed by atoms with E-state index in [4.69, 9.17) is 11.6 Å². The van der Waals surface area contributed by atoms with Gasteiger partial charge < -0.3 is 10.2 Å². The Bertz CT molecular complexity index is 826. The minimum atomic E-state index is -0.607. The summed E-state index contributed by atoms with van der Waals surface area (Å²) in [4.78, 5) is 26.4. The number of carbonyl (C=O) groups is 2. The van der Waals surface area contributed by atoms with Crippen molar-refractivity contribution in [3.63, 3.8) is 0 Å². The molecule has 0 saturated carbocycles. The highest BCUT2D eigenvalue weighted by molar-refractivity contribution is 6.33. The average Bonchev–Trinajstić information content (AvgIpc) is 2.68. The molecule has 0 spiro atoms. The molecule has 1 saturated heterocycles. The molecule has 4 nitrogen and oxygen atoms in total. The molecule has 1 aliphatic heterocycles. The Kier molecular flexibility index (Phi) is 6.68. The highest BCUT2D eigenvalue weighted by Crippen LogP contribution is 2.23. The van der Waals surface area contributed by atoms with E-state index in [1.54, 1.807) is 4.90 Å². The topological polar surface area (TPSA) is 49.4 Å². The molecule has 1 aliphatic rings. The van der Waals surface area contributed by atoms with Crippen LogP contribution in [0.25, 0.3) is 0 Å². The Balaban J connectivity index is 1.46. The first-order valence-corrected chi connectivity index (χ1v) is 9.90. The van der Waals surface area contributed by atoms with Gasteiger partial charge >= 0.3 is 0 Å². The summed E-state index contributed by atoms with van der Waals surface area (Å²) in [6.45, 7) is 2.96. The second kappa shape index (κ2) is 9.20. The number of hydrogen-bond acceptors (Lipinski definition) is 2. The third-order valence-electron chi connectivity index (χ3n) is 5.09. The van der Waals surface area contributed by atoms with Crippen LogP contribution in [0.2, 0.25) is 5.02 Å². The lowest BCUT2D eigenvalue weighted by atomic mass is 10.0. The molecule has 148 valence electrons. The molecule has 0 radical (unpaired) electrons. The van der Waals surface area contributed by atoms with Gasteiger partial charge in [0.25, 0.3) is 5.91 Å². The number of nitrogens with zero attached hydrogens (tertiary/aromatic N) is 1. The fourth-order valence-corrected chi connectivity index (χ4v) is 3.64. The fourth-order valence-electron chi connectivity index (χ4n) is 3.40. The van der Waals surface area contributed by atoms with Gasteiger partial charge in [0.05, 0.1) is 10.6 Å². The van der Waals surface area contributed by atoms with Crippen molar-refractivity contribution in [2.24, 2.45) is 0 Å². The molecule has 0 bridgehead atoms. The van der Waals surface area contributed by atoms with Crippen LogP contribution in [0.3, 0.4) is 0 Å². The Labute approximate surface area is 169 Å². The molecule has 1 fully saturated rings. The summed E-state index contributed by atoms with van der Waals surface area (Å²) >= 11 is 5.99. The summed E-state index contributed by atoms with van der Waals surface area (Å²) in [6, 6.07) is 12.4. The van der Waals surface area contributed by atoms with E-state index in [1.807, 2.05) is 31.2 Å². The highest BCUT2D eigenvalue weighted by atomic mass is 35.5. The van der Waals surface area contributed by atoms with Gasteiger partial charge in [-0.15, -0.1) is 0 Å². The van der Waals surface area contributed by atoms with Gasteiger partial charge in [0, 0.05) is 25.6 Å². The van der Waals surface area contributed by atoms with E-state index in [0.717, 1.165) is 5.56 Å². The van der Waals surface area contributed by atoms with Crippen molar-refractivity contribution in [3.05, 3.63) is 70.0 Å². The van der Waals surface area contributed by atoms with Gasteiger partial charge in [-0.05, 0) is 43.9 Å². The smallest absolute Gasteiger partial charge is 0.258 e. The predicted octanol–water partition coefficient (Wildman–Crippen LogP) is 4.14. The lowest BCUT2D eigenvalue weighted by molar-refractivity contribution is -0.122. The SMILES string of the molecule is Cc1ccc(CCC(=O)NC2CCN(C(=O)c3c(F)cccc3Cl)CC2)cc1. The van der Waals surface area contributed by atoms with E-state index < -0.39 is 11.7 Å². The van der Waals surface area contributed by atoms with E-state index in [9.17, 15) is 14.0 Å². The number of amides is 2. The summed E-state index contributed by atoms with van der Waals surface area (Å²) in [7, 11) is 0. The number of likely N-dealkylation sites (tertiary alicyclic amines) is 1. The van der Waals surface area contributed by atoms with Crippen molar-refractivity contribution in [1.29, 1.82) is 0 Å². The van der Waals surface area contributed by atoms with Crippen LogP contribution in [0.4, 0.5) is 4.39 Å². The molecule has 28 heavy (non-hydrogen) atoms. The van der Waals surface area contributed by atoms with Crippen molar-refractivity contribution in [2.45, 2.75) is 38.6 Å². The number of nitrogens with one attached hydrogen (secondary N) is 1. The van der Waals surface area contributed by atoms with Crippen molar-refractivity contribution in [3.8, 4) is 0 Å². The Hall–Kier alpha value is -2.40. The number of halogens is 2. The second-order valence-corrected chi connectivity index (χ2v) is 7.62. The largest absolute Gasteiger partial charge is 0.353 e. The molecule has 2 aromatic rings. The van der Waals surface area contributed by atoms with Gasteiger partial charge in [0.15, 0.2) is 0 Å². The standard InChI is InChI=1S/C22H24ClFN2O2/c1-15-5-7-16(8-6-15)9-10-20(27)25-17-11-13-26(14-12-17)22(28)21-18(23)3-2-4-19(21)24/h2-8,17H,9-14H2,1H3,(H,25,27). The maximum atomic E-state index is 14.0. The van der Waals surface area contributed by atoms with Crippen molar-refractivity contribution in [2.75, 3.05) is 13.1 Å². The van der Waals surface area contributed by atoms with Gasteiger partial charge in [0.1, 0.15) is 5.82 Å². The Morgan fingerprint density at radius 3 is 2.46 bits per heavy atom. The Morgan fingerprint density at radius 2 is 1.82 bits per heavy atom. The van der Waals surface area contributed by atoms with Crippen molar-refractivity contribution >= 4 is 23.4 Å². The third kappa shape index (κ3) is 5.10. The first-order valence-electron chi connectivity index (χ1n) is 9.52. The minimum absolute atomic E-state index is 0.0162. The maximum absolute atomic E-state index is 14.0. The molecule has 1 heterocycles. The van der Waals surface area contributed by atoms with Gasteiger partial charge in [-0.2, -0.15) is 0 Å². The summed E-state index contributed by atoms with van der Waals surface area (Å²) < 4.78 is 14.0. The summed E-state index contributed by atoms with van der Waals surface area (Å²) in [5.74, 6) is -0.987. The van der Waals surface area contributed by atoms with Gasteiger partial charge in [0.2, 0.25) is 5.91 Å². The molecule has 3 rings (SSSR count). The zero-order valence-corrected chi connectivity index (χ0v) is 16.6. The van der Waals surface area contributed by atoms with Crippen LogP contribution >= 0.6 is 11.6 Å². The van der Waals surface area contributed by atoms with E-state index in [0.29, 0.717) is 38.8 Å². The first kappa shape index (κ1) is 20.3. The number of rotatable bonds is 5. The highest BCUT2D eigenvalue weighted by Gasteiger charge is 2.27. The zero-order valence-electron chi connectivity index (χ0n) is 15.9. The number of aryl methyl sites for hydroxylation is 2. The Morgan fingerprint density at radius 1 is 1.14 bits per heavy atom. The lowest BCUT2D eigenvalue weighted by Gasteiger charge is -2.32. The number of carbonyl (C=O) groups excluding carboxylic acids is 2. The number of benzene rings is 2. The summed E-state index contributed by atoms with van der Waals surface area (Å²) in [5.41, 5.74) is 2.26. The molecule has 2 aromatic carbocycles. The van der Waals surface area contributed by atoms with Crippen LogP contribution in [0.5, 0.6) is 0 Å². The summed E-state index contributed by atoms with van der Waals surface area (Å²) in [6.07, 6.45) is 2.43. The van der Waals surface area contributed by atoms with Crippen molar-refractivity contribution in [1.82, 2.24) is 10.2 Å². The quantitative estimate of drug-likeness (QED) is 0.817. The second-order valence-electron chi connectivity index (χ2n) is 7.22. The van der Waals surface area contributed by atoms with Crippen LogP contribution in [-0.4, -0.2) is 35.8 Å². The molecule has 1 N–H and O–H groups in total. The molecule has 2 amide bonds. The monoisotopic (exact) mass is 402 g/mol. The van der Waals surface area contributed by atoms with Crippen LogP contribution in [-0.2, 0) is 11.2 Å². The van der Waals surface area contributed by atoms with Crippen LogP contribution in [0, 0.1) is 12.7 Å². The minimum Gasteiger partial charge on any atom is -0.353 e. The fraction of sp³-hybridized carbons (Fsp3) is 0.364. The van der Waals surface area contributed by atoms with Crippen LogP contribution < -0.4 is 5.32 Å². The average molecular weight is 403 g/mol. The predicted molar refractivity (Wildman–Crippen MR) is 108 cm³/mol. The van der Waals surface area contributed by atoms with E-state index >= 15 is 0 Å². The zero-order chi connectivity index (χ0) is 20.1. The first-order chi connectivity index (χ1) is 13.4. The molecule has 0 unspecified atom stereocenters.